The Kier molecular flexibility index (Phi) is 14.5. The van der Waals surface area contributed by atoms with Gasteiger partial charge in [0.25, 0.3) is 0 Å². The second-order valence-corrected chi connectivity index (χ2v) is 3.87. The second-order valence-electron chi connectivity index (χ2n) is 3.87. The number of carboxylic acids is 1. The predicted molar refractivity (Wildman–Crippen MR) is 65.1 cm³/mol. The average molecular weight is 261 g/mol. The molecule has 18 heavy (non-hydrogen) atoms. The van der Waals surface area contributed by atoms with Crippen LogP contribution in [0.25, 0.3) is 0 Å². The van der Waals surface area contributed by atoms with Crippen molar-refractivity contribution in [2.45, 2.75) is 32.2 Å². The molecule has 0 amide bonds. The number of nitrogens with two attached hydrogens (primary N) is 1. The summed E-state index contributed by atoms with van der Waals surface area (Å²) in [5.41, 5.74) is 6.94. The first-order valence-corrected chi connectivity index (χ1v) is 5.66. The maximum absolute atomic E-state index is 9.54. The Morgan fingerprint density at radius 3 is 2.28 bits per heavy atom. The molecule has 1 aromatic rings. The van der Waals surface area contributed by atoms with Crippen LogP contribution in [0, 0.1) is 0 Å². The quantitative estimate of drug-likeness (QED) is 0.556. The van der Waals surface area contributed by atoms with Crippen LogP contribution in [0.5, 0.6) is 0 Å². The molecule has 1 rings (SSSR count). The Labute approximate surface area is 130 Å². The Morgan fingerprint density at radius 2 is 1.94 bits per heavy atom. The van der Waals surface area contributed by atoms with Crippen molar-refractivity contribution in [1.29, 1.82) is 0 Å². The molecule has 0 aromatic heterocycles. The average Bonchev–Trinajstić information content (AvgIpc) is 2.27. The Morgan fingerprint density at radius 1 is 1.39 bits per heavy atom. The Balaban J connectivity index is 0. The topological polar surface area (TPSA) is 86.4 Å². The van der Waals surface area contributed by atoms with E-state index < -0.39 is 5.97 Å². The molecule has 4 nitrogen and oxygen atoms in total. The monoisotopic (exact) mass is 261 g/mol. The van der Waals surface area contributed by atoms with Gasteiger partial charge in [-0.05, 0) is 31.7 Å². The summed E-state index contributed by atoms with van der Waals surface area (Å²) < 4.78 is 0. The molecule has 0 aliphatic rings. The zero-order chi connectivity index (χ0) is 13.1. The van der Waals surface area contributed by atoms with Gasteiger partial charge in [0.2, 0.25) is 0 Å². The van der Waals surface area contributed by atoms with Crippen LogP contribution in [0.4, 0.5) is 0 Å². The van der Waals surface area contributed by atoms with Crippen molar-refractivity contribution in [1.82, 2.24) is 0 Å². The van der Waals surface area contributed by atoms with Gasteiger partial charge < -0.3 is 20.7 Å². The summed E-state index contributed by atoms with van der Waals surface area (Å²) in [7, 11) is 0. The Bertz CT molecular complexity index is 304. The fraction of sp³-hybridized carbons (Fsp3) is 0.462. The number of carboxylic acid groups (broad SMARTS) is 1. The van der Waals surface area contributed by atoms with Crippen LogP contribution < -0.4 is 40.4 Å². The summed E-state index contributed by atoms with van der Waals surface area (Å²) >= 11 is 0. The molecule has 96 valence electrons. The minimum absolute atomic E-state index is 0. The number of aliphatic hydroxyl groups excluding tert-OH is 1. The molecule has 0 fully saturated rings. The van der Waals surface area contributed by atoms with Gasteiger partial charge in [-0.3, -0.25) is 0 Å². The van der Waals surface area contributed by atoms with Crippen molar-refractivity contribution in [3.05, 3.63) is 35.9 Å². The largest absolute Gasteiger partial charge is 1.00 e. The molecule has 0 saturated carbocycles. The van der Waals surface area contributed by atoms with Gasteiger partial charge >= 0.3 is 29.6 Å². The first kappa shape index (κ1) is 19.9. The smallest absolute Gasteiger partial charge is 0.550 e. The molecule has 0 saturated heterocycles. The fourth-order valence-electron chi connectivity index (χ4n) is 1.21. The summed E-state index contributed by atoms with van der Waals surface area (Å²) in [5, 5.41) is 17.6. The zero-order valence-electron chi connectivity index (χ0n) is 11.1. The van der Waals surface area contributed by atoms with Gasteiger partial charge in [-0.25, -0.2) is 0 Å². The van der Waals surface area contributed by atoms with Crippen molar-refractivity contribution in [3.63, 3.8) is 0 Å². The fourth-order valence-corrected chi connectivity index (χ4v) is 1.21. The van der Waals surface area contributed by atoms with Crippen LogP contribution in [-0.4, -0.2) is 23.7 Å². The van der Waals surface area contributed by atoms with Crippen molar-refractivity contribution in [2.75, 3.05) is 6.61 Å². The van der Waals surface area contributed by atoms with Crippen molar-refractivity contribution < 1.29 is 44.6 Å². The number of carbonyl (C=O) groups excluding carboxylic acids is 1. The van der Waals surface area contributed by atoms with Crippen molar-refractivity contribution in [3.8, 4) is 0 Å². The van der Waals surface area contributed by atoms with Gasteiger partial charge in [-0.2, -0.15) is 0 Å². The third kappa shape index (κ3) is 13.7. The van der Waals surface area contributed by atoms with Gasteiger partial charge in [-0.1, -0.05) is 30.3 Å². The molecule has 5 heteroatoms. The Hall–Kier alpha value is -0.390. The van der Waals surface area contributed by atoms with Crippen LogP contribution in [0.2, 0.25) is 0 Å². The maximum Gasteiger partial charge on any atom is 1.00 e. The van der Waals surface area contributed by atoms with E-state index in [4.69, 9.17) is 10.8 Å². The summed E-state index contributed by atoms with van der Waals surface area (Å²) in [6.45, 7) is 1.95. The summed E-state index contributed by atoms with van der Waals surface area (Å²) in [6, 6.07) is 10.6. The summed E-state index contributed by atoms with van der Waals surface area (Å²) in [4.78, 5) is 9.54. The standard InChI is InChI=1S/C9H13N.C4H8O3.Na/c1-8(10)7-9-5-3-2-4-6-9;5-3-1-2-4(6)7;/h2-6,8H,7,10H2,1H3;5H,1-3H2,(H,6,7);/q;;+1/p-1. The molecule has 0 spiro atoms. The van der Waals surface area contributed by atoms with E-state index in [9.17, 15) is 9.90 Å². The predicted octanol–water partition coefficient (Wildman–Crippen LogP) is -2.91. The third-order valence-electron chi connectivity index (χ3n) is 1.94. The number of hydrogen-bond acceptors (Lipinski definition) is 4. The van der Waals surface area contributed by atoms with Crippen LogP contribution in [0.15, 0.2) is 30.3 Å². The van der Waals surface area contributed by atoms with Gasteiger partial charge in [0, 0.05) is 18.6 Å². The second kappa shape index (κ2) is 13.1. The van der Waals surface area contributed by atoms with E-state index in [0.717, 1.165) is 6.42 Å². The molecular formula is C13H20NNaO3. The minimum Gasteiger partial charge on any atom is -0.550 e. The van der Waals surface area contributed by atoms with Crippen LogP contribution >= 0.6 is 0 Å². The van der Waals surface area contributed by atoms with E-state index in [1.54, 1.807) is 0 Å². The molecule has 1 atom stereocenters. The first-order valence-electron chi connectivity index (χ1n) is 5.66. The van der Waals surface area contributed by atoms with Gasteiger partial charge in [0.1, 0.15) is 0 Å². The van der Waals surface area contributed by atoms with E-state index in [2.05, 4.69) is 12.1 Å². The van der Waals surface area contributed by atoms with E-state index in [1.807, 2.05) is 25.1 Å². The number of aliphatic hydroxyl groups is 1. The first-order chi connectivity index (χ1) is 8.06. The van der Waals surface area contributed by atoms with E-state index in [-0.39, 0.29) is 48.6 Å². The number of benzene rings is 1. The number of aliphatic carboxylic acids is 1. The number of hydrogen-bond donors (Lipinski definition) is 2. The van der Waals surface area contributed by atoms with Crippen LogP contribution in [-0.2, 0) is 11.2 Å². The number of rotatable bonds is 5. The summed E-state index contributed by atoms with van der Waals surface area (Å²) in [6.07, 6.45) is 1.22. The maximum atomic E-state index is 9.54. The number of carbonyl (C=O) groups is 1. The molecule has 0 bridgehead atoms. The SMILES string of the molecule is CC(N)Cc1ccccc1.O=C([O-])CCCO.[Na+]. The third-order valence-corrected chi connectivity index (χ3v) is 1.94. The van der Waals surface area contributed by atoms with E-state index in [0.29, 0.717) is 6.42 Å². The van der Waals surface area contributed by atoms with Gasteiger partial charge in [0.05, 0.1) is 0 Å². The van der Waals surface area contributed by atoms with E-state index >= 15 is 0 Å². The molecule has 0 aliphatic carbocycles. The normalized spacial score (nSPS) is 10.6. The van der Waals surface area contributed by atoms with Gasteiger partial charge in [-0.15, -0.1) is 0 Å². The molecule has 0 radical (unpaired) electrons. The molecular weight excluding hydrogens is 241 g/mol. The minimum atomic E-state index is -1.10. The van der Waals surface area contributed by atoms with Crippen LogP contribution in [0.3, 0.4) is 0 Å². The molecule has 1 unspecified atom stereocenters. The van der Waals surface area contributed by atoms with Gasteiger partial charge in [0.15, 0.2) is 0 Å². The van der Waals surface area contributed by atoms with E-state index in [1.165, 1.54) is 5.56 Å². The van der Waals surface area contributed by atoms with Crippen LogP contribution in [0.1, 0.15) is 25.3 Å². The van der Waals surface area contributed by atoms with Crippen molar-refractivity contribution in [2.24, 2.45) is 5.73 Å². The molecule has 1 aromatic carbocycles. The molecule has 0 aliphatic heterocycles. The molecule has 0 heterocycles. The molecule has 3 N–H and O–H groups in total. The summed E-state index contributed by atoms with van der Waals surface area (Å²) in [5.74, 6) is -1.10. The van der Waals surface area contributed by atoms with Crippen molar-refractivity contribution >= 4 is 5.97 Å². The zero-order valence-corrected chi connectivity index (χ0v) is 13.1.